The third kappa shape index (κ3) is 3.26. The monoisotopic (exact) mass is 280 g/mol. The molecule has 1 N–H and O–H groups in total. The summed E-state index contributed by atoms with van der Waals surface area (Å²) >= 11 is 0. The van der Waals surface area contributed by atoms with Crippen molar-refractivity contribution in [3.8, 4) is 0 Å². The molecule has 1 atom stereocenters. The van der Waals surface area contributed by atoms with Crippen LogP contribution in [0.1, 0.15) is 24.1 Å². The molecule has 106 valence electrons. The smallest absolute Gasteiger partial charge is 0.123 e. The second-order valence-corrected chi connectivity index (χ2v) is 5.18. The molecule has 1 heterocycles. The summed E-state index contributed by atoms with van der Waals surface area (Å²) in [4.78, 5) is 4.32. The summed E-state index contributed by atoms with van der Waals surface area (Å²) in [7, 11) is 0. The maximum Gasteiger partial charge on any atom is 0.123 e. The van der Waals surface area contributed by atoms with E-state index in [1.165, 1.54) is 17.7 Å². The molecule has 0 radical (unpaired) electrons. The van der Waals surface area contributed by atoms with Crippen LogP contribution < -0.4 is 5.32 Å². The molecule has 0 spiro atoms. The van der Waals surface area contributed by atoms with E-state index in [0.29, 0.717) is 0 Å². The third-order valence-electron chi connectivity index (χ3n) is 3.65. The van der Waals surface area contributed by atoms with Crippen molar-refractivity contribution in [3.05, 3.63) is 77.7 Å². The Hall–Kier alpha value is -2.26. The van der Waals surface area contributed by atoms with Gasteiger partial charge in [-0.1, -0.05) is 24.3 Å². The minimum absolute atomic E-state index is 0.176. The van der Waals surface area contributed by atoms with Crippen molar-refractivity contribution in [1.29, 1.82) is 0 Å². The molecular formula is C18H17FN2. The zero-order chi connectivity index (χ0) is 14.7. The summed E-state index contributed by atoms with van der Waals surface area (Å²) in [5.74, 6) is -0.201. The van der Waals surface area contributed by atoms with E-state index < -0.39 is 0 Å². The average Bonchev–Trinajstić information content (AvgIpc) is 2.53. The molecule has 3 heteroatoms. The highest BCUT2D eigenvalue weighted by Crippen LogP contribution is 2.16. The molecule has 21 heavy (non-hydrogen) atoms. The van der Waals surface area contributed by atoms with Gasteiger partial charge in [0.2, 0.25) is 0 Å². The van der Waals surface area contributed by atoms with E-state index in [-0.39, 0.29) is 11.9 Å². The van der Waals surface area contributed by atoms with Crippen LogP contribution in [-0.2, 0) is 6.54 Å². The number of fused-ring (bicyclic) bond motifs is 1. The molecule has 0 fully saturated rings. The highest BCUT2D eigenvalue weighted by Gasteiger charge is 2.05. The van der Waals surface area contributed by atoms with Crippen LogP contribution in [0, 0.1) is 5.82 Å². The van der Waals surface area contributed by atoms with Crippen molar-refractivity contribution in [2.24, 2.45) is 0 Å². The number of pyridine rings is 1. The number of halogens is 1. The van der Waals surface area contributed by atoms with E-state index >= 15 is 0 Å². The summed E-state index contributed by atoms with van der Waals surface area (Å²) in [5, 5.41) is 4.60. The van der Waals surface area contributed by atoms with Gasteiger partial charge in [-0.25, -0.2) is 4.39 Å². The molecule has 0 unspecified atom stereocenters. The summed E-state index contributed by atoms with van der Waals surface area (Å²) in [5.41, 5.74) is 3.30. The van der Waals surface area contributed by atoms with E-state index in [1.54, 1.807) is 6.20 Å². The molecule has 2 aromatic carbocycles. The minimum Gasteiger partial charge on any atom is -0.306 e. The first kappa shape index (κ1) is 13.7. The van der Waals surface area contributed by atoms with Gasteiger partial charge in [0.1, 0.15) is 5.82 Å². The van der Waals surface area contributed by atoms with Gasteiger partial charge in [0.25, 0.3) is 0 Å². The molecule has 3 rings (SSSR count). The fourth-order valence-electron chi connectivity index (χ4n) is 2.38. The van der Waals surface area contributed by atoms with Crippen LogP contribution in [0.5, 0.6) is 0 Å². The minimum atomic E-state index is -0.201. The zero-order valence-corrected chi connectivity index (χ0v) is 11.9. The average molecular weight is 280 g/mol. The molecule has 0 aliphatic rings. The molecule has 0 aliphatic heterocycles. The van der Waals surface area contributed by atoms with Crippen LogP contribution in [-0.4, -0.2) is 4.98 Å². The quantitative estimate of drug-likeness (QED) is 0.773. The summed E-state index contributed by atoms with van der Waals surface area (Å²) in [6, 6.07) is 17.1. The Kier molecular flexibility index (Phi) is 3.93. The SMILES string of the molecule is C[C@H](NCc1ccc2ncccc2c1)c1ccc(F)cc1. The molecule has 2 nitrogen and oxygen atoms in total. The van der Waals surface area contributed by atoms with Gasteiger partial charge in [-0.05, 0) is 48.4 Å². The fourth-order valence-corrected chi connectivity index (χ4v) is 2.38. The fraction of sp³-hybridized carbons (Fsp3) is 0.167. The van der Waals surface area contributed by atoms with Gasteiger partial charge in [0, 0.05) is 24.2 Å². The van der Waals surface area contributed by atoms with Gasteiger partial charge in [-0.3, -0.25) is 4.98 Å². The number of hydrogen-bond donors (Lipinski definition) is 1. The van der Waals surface area contributed by atoms with Gasteiger partial charge in [-0.2, -0.15) is 0 Å². The van der Waals surface area contributed by atoms with Crippen molar-refractivity contribution in [3.63, 3.8) is 0 Å². The lowest BCUT2D eigenvalue weighted by Gasteiger charge is -2.14. The molecule has 0 aliphatic carbocycles. The van der Waals surface area contributed by atoms with E-state index in [0.717, 1.165) is 23.0 Å². The van der Waals surface area contributed by atoms with Crippen molar-refractivity contribution in [1.82, 2.24) is 10.3 Å². The predicted molar refractivity (Wildman–Crippen MR) is 83.4 cm³/mol. The number of rotatable bonds is 4. The maximum atomic E-state index is 12.9. The van der Waals surface area contributed by atoms with E-state index in [1.807, 2.05) is 24.3 Å². The zero-order valence-electron chi connectivity index (χ0n) is 11.9. The number of benzene rings is 2. The first-order valence-electron chi connectivity index (χ1n) is 7.05. The van der Waals surface area contributed by atoms with E-state index in [2.05, 4.69) is 35.4 Å². The van der Waals surface area contributed by atoms with Crippen LogP contribution in [0.2, 0.25) is 0 Å². The Balaban J connectivity index is 1.69. The lowest BCUT2D eigenvalue weighted by atomic mass is 10.1. The van der Waals surface area contributed by atoms with Gasteiger partial charge in [-0.15, -0.1) is 0 Å². The van der Waals surface area contributed by atoms with Gasteiger partial charge in [0.15, 0.2) is 0 Å². The lowest BCUT2D eigenvalue weighted by Crippen LogP contribution is -2.18. The van der Waals surface area contributed by atoms with Crippen molar-refractivity contribution in [2.75, 3.05) is 0 Å². The Labute approximate surface area is 123 Å². The highest BCUT2D eigenvalue weighted by atomic mass is 19.1. The first-order chi connectivity index (χ1) is 10.2. The van der Waals surface area contributed by atoms with Crippen LogP contribution in [0.15, 0.2) is 60.8 Å². The highest BCUT2D eigenvalue weighted by molar-refractivity contribution is 5.78. The van der Waals surface area contributed by atoms with Gasteiger partial charge in [0.05, 0.1) is 5.52 Å². The summed E-state index contributed by atoms with van der Waals surface area (Å²) in [6.45, 7) is 2.85. The molecule has 0 amide bonds. The maximum absolute atomic E-state index is 12.9. The Morgan fingerprint density at radius 1 is 1.10 bits per heavy atom. The number of hydrogen-bond acceptors (Lipinski definition) is 2. The summed E-state index contributed by atoms with van der Waals surface area (Å²) in [6.07, 6.45) is 1.80. The molecule has 0 saturated heterocycles. The van der Waals surface area contributed by atoms with Crippen molar-refractivity contribution < 1.29 is 4.39 Å². The summed E-state index contributed by atoms with van der Waals surface area (Å²) < 4.78 is 12.9. The topological polar surface area (TPSA) is 24.9 Å². The Morgan fingerprint density at radius 2 is 1.90 bits per heavy atom. The lowest BCUT2D eigenvalue weighted by molar-refractivity contribution is 0.571. The predicted octanol–water partition coefficient (Wildman–Crippen LogP) is 4.22. The second kappa shape index (κ2) is 6.02. The first-order valence-corrected chi connectivity index (χ1v) is 7.05. The van der Waals surface area contributed by atoms with E-state index in [4.69, 9.17) is 0 Å². The van der Waals surface area contributed by atoms with Crippen LogP contribution >= 0.6 is 0 Å². The Bertz CT molecular complexity index is 738. The number of nitrogens with zero attached hydrogens (tertiary/aromatic N) is 1. The van der Waals surface area contributed by atoms with E-state index in [9.17, 15) is 4.39 Å². The van der Waals surface area contributed by atoms with Crippen LogP contribution in [0.3, 0.4) is 0 Å². The second-order valence-electron chi connectivity index (χ2n) is 5.18. The van der Waals surface area contributed by atoms with Crippen molar-refractivity contribution in [2.45, 2.75) is 19.5 Å². The van der Waals surface area contributed by atoms with Gasteiger partial charge >= 0.3 is 0 Å². The molecule has 0 saturated carbocycles. The standard InChI is InChI=1S/C18H17FN2/c1-13(15-5-7-17(19)8-6-15)21-12-14-4-9-18-16(11-14)3-2-10-20-18/h2-11,13,21H,12H2,1H3/t13-/m0/s1. The largest absolute Gasteiger partial charge is 0.306 e. The Morgan fingerprint density at radius 3 is 2.71 bits per heavy atom. The van der Waals surface area contributed by atoms with Gasteiger partial charge < -0.3 is 5.32 Å². The number of nitrogens with one attached hydrogen (secondary N) is 1. The molecule has 1 aromatic heterocycles. The normalized spacial score (nSPS) is 12.5. The van der Waals surface area contributed by atoms with Crippen molar-refractivity contribution >= 4 is 10.9 Å². The molecular weight excluding hydrogens is 263 g/mol. The number of aromatic nitrogens is 1. The van der Waals surface area contributed by atoms with Crippen LogP contribution in [0.25, 0.3) is 10.9 Å². The molecule has 0 bridgehead atoms. The third-order valence-corrected chi connectivity index (χ3v) is 3.65. The van der Waals surface area contributed by atoms with Crippen LogP contribution in [0.4, 0.5) is 4.39 Å². The molecule has 3 aromatic rings.